The molecular formula is C16H25NO4. The number of ether oxygens (including phenoxy) is 3. The molecule has 1 aromatic carbocycles. The lowest BCUT2D eigenvalue weighted by atomic mass is 10.1. The molecule has 0 bridgehead atoms. The van der Waals surface area contributed by atoms with E-state index in [-0.39, 0.29) is 12.0 Å². The molecule has 0 aliphatic rings. The van der Waals surface area contributed by atoms with E-state index >= 15 is 0 Å². The molecule has 5 nitrogen and oxygen atoms in total. The summed E-state index contributed by atoms with van der Waals surface area (Å²) in [6, 6.07) is 3.44. The van der Waals surface area contributed by atoms with Crippen molar-refractivity contribution in [3.05, 3.63) is 23.3 Å². The Morgan fingerprint density at radius 2 is 1.76 bits per heavy atom. The van der Waals surface area contributed by atoms with E-state index < -0.39 is 0 Å². The standard InChI is InChI=1S/C16H25NO4/c1-11(2)21-8-6-7-17-16(18)13-9-14(19-4)12(3)15(10-13)20-5/h9-11H,6-8H2,1-5H3,(H,17,18). The van der Waals surface area contributed by atoms with Gasteiger partial charge in [0.05, 0.1) is 20.3 Å². The topological polar surface area (TPSA) is 56.8 Å². The van der Waals surface area contributed by atoms with Crippen LogP contribution in [0, 0.1) is 6.92 Å². The fourth-order valence-corrected chi connectivity index (χ4v) is 1.91. The van der Waals surface area contributed by atoms with Gasteiger partial charge in [-0.2, -0.15) is 0 Å². The van der Waals surface area contributed by atoms with Crippen LogP contribution in [0.1, 0.15) is 36.2 Å². The zero-order chi connectivity index (χ0) is 15.8. The van der Waals surface area contributed by atoms with Gasteiger partial charge in [0.25, 0.3) is 5.91 Å². The highest BCUT2D eigenvalue weighted by Crippen LogP contribution is 2.29. The summed E-state index contributed by atoms with van der Waals surface area (Å²) in [5.41, 5.74) is 1.40. The van der Waals surface area contributed by atoms with Crippen molar-refractivity contribution in [1.82, 2.24) is 5.32 Å². The van der Waals surface area contributed by atoms with Gasteiger partial charge in [0.1, 0.15) is 11.5 Å². The molecule has 1 amide bonds. The molecule has 1 N–H and O–H groups in total. The van der Waals surface area contributed by atoms with Crippen molar-refractivity contribution >= 4 is 5.91 Å². The van der Waals surface area contributed by atoms with Gasteiger partial charge in [-0.3, -0.25) is 4.79 Å². The number of rotatable bonds is 8. The molecular weight excluding hydrogens is 270 g/mol. The first-order chi connectivity index (χ1) is 9.99. The fourth-order valence-electron chi connectivity index (χ4n) is 1.91. The first-order valence-corrected chi connectivity index (χ1v) is 7.12. The molecule has 0 unspecified atom stereocenters. The minimum atomic E-state index is -0.142. The highest BCUT2D eigenvalue weighted by atomic mass is 16.5. The molecule has 0 fully saturated rings. The lowest BCUT2D eigenvalue weighted by Crippen LogP contribution is -2.25. The Morgan fingerprint density at radius 3 is 2.24 bits per heavy atom. The van der Waals surface area contributed by atoms with Gasteiger partial charge in [-0.15, -0.1) is 0 Å². The molecule has 0 atom stereocenters. The molecule has 1 aromatic rings. The molecule has 0 heterocycles. The van der Waals surface area contributed by atoms with Crippen molar-refractivity contribution in [3.8, 4) is 11.5 Å². The summed E-state index contributed by atoms with van der Waals surface area (Å²) in [5, 5.41) is 2.86. The average molecular weight is 295 g/mol. The van der Waals surface area contributed by atoms with Gasteiger partial charge in [-0.25, -0.2) is 0 Å². The second-order valence-electron chi connectivity index (χ2n) is 5.03. The monoisotopic (exact) mass is 295 g/mol. The molecule has 0 aliphatic heterocycles. The van der Waals surface area contributed by atoms with Gasteiger partial charge >= 0.3 is 0 Å². The van der Waals surface area contributed by atoms with Crippen LogP contribution >= 0.6 is 0 Å². The van der Waals surface area contributed by atoms with Crippen molar-refractivity contribution in [2.75, 3.05) is 27.4 Å². The number of carbonyl (C=O) groups is 1. The van der Waals surface area contributed by atoms with Gasteiger partial charge in [-0.05, 0) is 39.3 Å². The van der Waals surface area contributed by atoms with Crippen molar-refractivity contribution in [1.29, 1.82) is 0 Å². The quantitative estimate of drug-likeness (QED) is 0.749. The number of amides is 1. The molecule has 0 spiro atoms. The van der Waals surface area contributed by atoms with Gasteiger partial charge in [0, 0.05) is 24.3 Å². The fraction of sp³-hybridized carbons (Fsp3) is 0.562. The Kier molecular flexibility index (Phi) is 7.02. The third-order valence-corrected chi connectivity index (χ3v) is 3.07. The molecule has 5 heteroatoms. The lowest BCUT2D eigenvalue weighted by molar-refractivity contribution is 0.0757. The molecule has 118 valence electrons. The molecule has 1 rings (SSSR count). The third kappa shape index (κ3) is 5.27. The number of carbonyl (C=O) groups excluding carboxylic acids is 1. The van der Waals surface area contributed by atoms with Gasteiger partial charge < -0.3 is 19.5 Å². The highest BCUT2D eigenvalue weighted by molar-refractivity contribution is 5.95. The van der Waals surface area contributed by atoms with Crippen LogP contribution in [0.2, 0.25) is 0 Å². The van der Waals surface area contributed by atoms with E-state index in [0.717, 1.165) is 12.0 Å². The largest absolute Gasteiger partial charge is 0.496 e. The minimum Gasteiger partial charge on any atom is -0.496 e. The summed E-state index contributed by atoms with van der Waals surface area (Å²) in [4.78, 5) is 12.1. The van der Waals surface area contributed by atoms with E-state index in [2.05, 4.69) is 5.32 Å². The van der Waals surface area contributed by atoms with E-state index in [1.54, 1.807) is 26.4 Å². The Bertz CT molecular complexity index is 446. The first-order valence-electron chi connectivity index (χ1n) is 7.12. The van der Waals surface area contributed by atoms with E-state index in [4.69, 9.17) is 14.2 Å². The van der Waals surface area contributed by atoms with Crippen molar-refractivity contribution in [2.45, 2.75) is 33.3 Å². The predicted octanol–water partition coefficient (Wildman–Crippen LogP) is 2.56. The molecule has 0 radical (unpaired) electrons. The van der Waals surface area contributed by atoms with Crippen LogP contribution in [-0.2, 0) is 4.74 Å². The van der Waals surface area contributed by atoms with Crippen LogP contribution in [-0.4, -0.2) is 39.4 Å². The number of hydrogen-bond donors (Lipinski definition) is 1. The summed E-state index contributed by atoms with van der Waals surface area (Å²) < 4.78 is 16.0. The van der Waals surface area contributed by atoms with E-state index in [1.165, 1.54) is 0 Å². The van der Waals surface area contributed by atoms with Crippen molar-refractivity contribution in [3.63, 3.8) is 0 Å². The van der Waals surface area contributed by atoms with Crippen LogP contribution in [0.4, 0.5) is 0 Å². The Labute approximate surface area is 126 Å². The summed E-state index contributed by atoms with van der Waals surface area (Å²) in [5.74, 6) is 1.14. The number of methoxy groups -OCH3 is 2. The smallest absolute Gasteiger partial charge is 0.251 e. The van der Waals surface area contributed by atoms with E-state index in [1.807, 2.05) is 20.8 Å². The van der Waals surface area contributed by atoms with Crippen LogP contribution in [0.25, 0.3) is 0 Å². The first kappa shape index (κ1) is 17.3. The van der Waals surface area contributed by atoms with E-state index in [9.17, 15) is 4.79 Å². The molecule has 0 aromatic heterocycles. The number of nitrogens with one attached hydrogen (secondary N) is 1. The second kappa shape index (κ2) is 8.52. The Balaban J connectivity index is 2.61. The van der Waals surface area contributed by atoms with Crippen molar-refractivity contribution in [2.24, 2.45) is 0 Å². The highest BCUT2D eigenvalue weighted by Gasteiger charge is 2.13. The van der Waals surface area contributed by atoms with Gasteiger partial charge in [0.2, 0.25) is 0 Å². The zero-order valence-electron chi connectivity index (χ0n) is 13.5. The van der Waals surface area contributed by atoms with Crippen LogP contribution in [0.15, 0.2) is 12.1 Å². The van der Waals surface area contributed by atoms with E-state index in [0.29, 0.717) is 30.2 Å². The lowest BCUT2D eigenvalue weighted by Gasteiger charge is -2.13. The number of hydrogen-bond acceptors (Lipinski definition) is 4. The second-order valence-corrected chi connectivity index (χ2v) is 5.03. The van der Waals surface area contributed by atoms with Crippen LogP contribution in [0.5, 0.6) is 11.5 Å². The SMILES string of the molecule is COc1cc(C(=O)NCCCOC(C)C)cc(OC)c1C. The number of benzene rings is 1. The summed E-state index contributed by atoms with van der Waals surface area (Å²) in [6.45, 7) is 7.08. The predicted molar refractivity (Wildman–Crippen MR) is 82.3 cm³/mol. The zero-order valence-corrected chi connectivity index (χ0v) is 13.5. The van der Waals surface area contributed by atoms with Gasteiger partial charge in [0.15, 0.2) is 0 Å². The molecule has 0 saturated carbocycles. The maximum absolute atomic E-state index is 12.1. The van der Waals surface area contributed by atoms with Gasteiger partial charge in [-0.1, -0.05) is 0 Å². The Hall–Kier alpha value is -1.75. The van der Waals surface area contributed by atoms with Crippen molar-refractivity contribution < 1.29 is 19.0 Å². The Morgan fingerprint density at radius 1 is 1.19 bits per heavy atom. The molecule has 21 heavy (non-hydrogen) atoms. The molecule has 0 aliphatic carbocycles. The summed E-state index contributed by atoms with van der Waals surface area (Å²) >= 11 is 0. The third-order valence-electron chi connectivity index (χ3n) is 3.07. The summed E-state index contributed by atoms with van der Waals surface area (Å²) in [7, 11) is 3.15. The van der Waals surface area contributed by atoms with Crippen LogP contribution < -0.4 is 14.8 Å². The normalized spacial score (nSPS) is 10.6. The van der Waals surface area contributed by atoms with Crippen LogP contribution in [0.3, 0.4) is 0 Å². The maximum atomic E-state index is 12.1. The average Bonchev–Trinajstić information content (AvgIpc) is 2.46. The maximum Gasteiger partial charge on any atom is 0.251 e. The molecule has 0 saturated heterocycles. The minimum absolute atomic E-state index is 0.142. The summed E-state index contributed by atoms with van der Waals surface area (Å²) in [6.07, 6.45) is 0.996.